The highest BCUT2D eigenvalue weighted by atomic mass is 35.5. The van der Waals surface area contributed by atoms with E-state index >= 15 is 0 Å². The molecule has 0 fully saturated rings. The van der Waals surface area contributed by atoms with Gasteiger partial charge in [0.1, 0.15) is 18.4 Å². The van der Waals surface area contributed by atoms with Gasteiger partial charge in [0, 0.05) is 13.1 Å². The SMILES string of the molecule is CC[C@H](C(=O)NCC(C)C)N(Cc1ccc(F)cc1)C(=O)CN(c1cccc(Cl)c1Cl)S(=O)(=O)c1ccccc1. The van der Waals surface area contributed by atoms with Crippen molar-refractivity contribution in [1.29, 1.82) is 0 Å². The lowest BCUT2D eigenvalue weighted by molar-refractivity contribution is -0.140. The summed E-state index contributed by atoms with van der Waals surface area (Å²) < 4.78 is 42.2. The number of nitrogens with zero attached hydrogens (tertiary/aromatic N) is 2. The number of nitrogens with one attached hydrogen (secondary N) is 1. The van der Waals surface area contributed by atoms with Crippen molar-refractivity contribution in [2.45, 2.75) is 44.7 Å². The fraction of sp³-hybridized carbons (Fsp3) is 0.310. The predicted octanol–water partition coefficient (Wildman–Crippen LogP) is 5.91. The van der Waals surface area contributed by atoms with E-state index in [4.69, 9.17) is 23.2 Å². The van der Waals surface area contributed by atoms with Crippen LogP contribution in [0.2, 0.25) is 10.0 Å². The average molecular weight is 609 g/mol. The largest absolute Gasteiger partial charge is 0.354 e. The van der Waals surface area contributed by atoms with Crippen LogP contribution in [0.5, 0.6) is 0 Å². The Hall–Kier alpha value is -3.14. The molecule has 0 aromatic heterocycles. The van der Waals surface area contributed by atoms with Gasteiger partial charge in [-0.15, -0.1) is 0 Å². The summed E-state index contributed by atoms with van der Waals surface area (Å²) in [6.07, 6.45) is 0.264. The van der Waals surface area contributed by atoms with Crippen LogP contribution >= 0.6 is 23.2 Å². The Morgan fingerprint density at radius 3 is 2.20 bits per heavy atom. The lowest BCUT2D eigenvalue weighted by atomic mass is 10.1. The number of hydrogen-bond donors (Lipinski definition) is 1. The highest BCUT2D eigenvalue weighted by molar-refractivity contribution is 7.92. The van der Waals surface area contributed by atoms with Gasteiger partial charge >= 0.3 is 0 Å². The zero-order valence-corrected chi connectivity index (χ0v) is 24.8. The molecule has 3 rings (SSSR count). The molecule has 7 nitrogen and oxygen atoms in total. The van der Waals surface area contributed by atoms with Crippen LogP contribution in [-0.2, 0) is 26.2 Å². The van der Waals surface area contributed by atoms with Gasteiger partial charge in [0.05, 0.1) is 20.6 Å². The molecule has 0 radical (unpaired) electrons. The molecule has 1 atom stereocenters. The number of sulfonamides is 1. The summed E-state index contributed by atoms with van der Waals surface area (Å²) in [5.74, 6) is -1.28. The summed E-state index contributed by atoms with van der Waals surface area (Å²) in [7, 11) is -4.28. The lowest BCUT2D eigenvalue weighted by Crippen LogP contribution is -2.52. The van der Waals surface area contributed by atoms with Crippen LogP contribution in [-0.4, -0.2) is 44.3 Å². The summed E-state index contributed by atoms with van der Waals surface area (Å²) in [5, 5.41) is 2.93. The fourth-order valence-corrected chi connectivity index (χ4v) is 5.94. The van der Waals surface area contributed by atoms with Crippen molar-refractivity contribution in [3.05, 3.63) is 94.2 Å². The van der Waals surface area contributed by atoms with Gasteiger partial charge in [0.15, 0.2) is 0 Å². The molecular weight excluding hydrogens is 576 g/mol. The quantitative estimate of drug-likeness (QED) is 0.277. The van der Waals surface area contributed by atoms with E-state index in [2.05, 4.69) is 5.32 Å². The van der Waals surface area contributed by atoms with Gasteiger partial charge in [-0.05, 0) is 54.3 Å². The second-order valence-corrected chi connectivity index (χ2v) is 12.3. The van der Waals surface area contributed by atoms with E-state index in [1.807, 2.05) is 13.8 Å². The van der Waals surface area contributed by atoms with Crippen LogP contribution in [0, 0.1) is 11.7 Å². The zero-order chi connectivity index (χ0) is 29.4. The molecule has 0 bridgehead atoms. The molecule has 0 unspecified atom stereocenters. The smallest absolute Gasteiger partial charge is 0.264 e. The molecule has 0 spiro atoms. The normalized spacial score (nSPS) is 12.2. The zero-order valence-electron chi connectivity index (χ0n) is 22.5. The number of hydrogen-bond acceptors (Lipinski definition) is 4. The van der Waals surface area contributed by atoms with Crippen molar-refractivity contribution in [1.82, 2.24) is 10.2 Å². The van der Waals surface area contributed by atoms with Gasteiger partial charge in [0.25, 0.3) is 10.0 Å². The van der Waals surface area contributed by atoms with Crippen molar-refractivity contribution in [2.24, 2.45) is 5.92 Å². The topological polar surface area (TPSA) is 86.8 Å². The molecule has 3 aromatic carbocycles. The first-order valence-corrected chi connectivity index (χ1v) is 15.0. The molecule has 0 aliphatic carbocycles. The first-order chi connectivity index (χ1) is 18.9. The highest BCUT2D eigenvalue weighted by Gasteiger charge is 2.34. The van der Waals surface area contributed by atoms with Crippen molar-refractivity contribution in [3.8, 4) is 0 Å². The molecular formula is C29H32Cl2FN3O4S. The number of carbonyl (C=O) groups is 2. The van der Waals surface area contributed by atoms with E-state index in [9.17, 15) is 22.4 Å². The second kappa shape index (κ2) is 14.0. The summed E-state index contributed by atoms with van der Waals surface area (Å²) in [5.41, 5.74) is 0.591. The summed E-state index contributed by atoms with van der Waals surface area (Å²) in [4.78, 5) is 28.5. The van der Waals surface area contributed by atoms with E-state index < -0.39 is 34.3 Å². The average Bonchev–Trinajstić information content (AvgIpc) is 2.93. The molecule has 0 saturated carbocycles. The first-order valence-electron chi connectivity index (χ1n) is 12.8. The van der Waals surface area contributed by atoms with E-state index in [0.29, 0.717) is 12.1 Å². The van der Waals surface area contributed by atoms with Gasteiger partial charge in [-0.2, -0.15) is 0 Å². The van der Waals surface area contributed by atoms with Crippen LogP contribution in [0.3, 0.4) is 0 Å². The number of rotatable bonds is 12. The fourth-order valence-electron chi connectivity index (χ4n) is 4.05. The van der Waals surface area contributed by atoms with Crippen LogP contribution in [0.1, 0.15) is 32.8 Å². The van der Waals surface area contributed by atoms with Crippen molar-refractivity contribution in [3.63, 3.8) is 0 Å². The Bertz CT molecular complexity index is 1420. The summed E-state index contributed by atoms with van der Waals surface area (Å²) in [6.45, 7) is 5.35. The molecule has 214 valence electrons. The van der Waals surface area contributed by atoms with E-state index in [0.717, 1.165) is 4.31 Å². The molecule has 1 N–H and O–H groups in total. The third kappa shape index (κ3) is 7.74. The Balaban J connectivity index is 2.07. The molecule has 2 amide bonds. The Morgan fingerprint density at radius 2 is 1.60 bits per heavy atom. The van der Waals surface area contributed by atoms with E-state index in [1.165, 1.54) is 59.5 Å². The molecule has 40 heavy (non-hydrogen) atoms. The molecule has 11 heteroatoms. The standard InChI is InChI=1S/C29H32Cl2FN3O4S/c1-4-25(29(37)33-17-20(2)3)34(18-21-13-15-22(32)16-14-21)27(36)19-35(26-12-8-11-24(30)28(26)31)40(38,39)23-9-6-5-7-10-23/h5-16,20,25H,4,17-19H2,1-3H3,(H,33,37)/t25-/m1/s1. The third-order valence-corrected chi connectivity index (χ3v) is 8.73. The summed E-state index contributed by atoms with van der Waals surface area (Å²) >= 11 is 12.7. The molecule has 0 aliphatic rings. The monoisotopic (exact) mass is 607 g/mol. The Labute approximate surface area is 244 Å². The number of amides is 2. The van der Waals surface area contributed by atoms with E-state index in [-0.39, 0.29) is 45.4 Å². The first kappa shape index (κ1) is 31.4. The van der Waals surface area contributed by atoms with Crippen molar-refractivity contribution < 1.29 is 22.4 Å². The van der Waals surface area contributed by atoms with Gasteiger partial charge in [-0.25, -0.2) is 12.8 Å². The minimum atomic E-state index is -4.28. The highest BCUT2D eigenvalue weighted by Crippen LogP contribution is 2.35. The number of benzene rings is 3. The maximum atomic E-state index is 14.0. The predicted molar refractivity (Wildman–Crippen MR) is 156 cm³/mol. The van der Waals surface area contributed by atoms with Crippen LogP contribution in [0.15, 0.2) is 77.7 Å². The van der Waals surface area contributed by atoms with Gasteiger partial charge in [-0.3, -0.25) is 13.9 Å². The minimum Gasteiger partial charge on any atom is -0.354 e. The second-order valence-electron chi connectivity index (χ2n) is 9.61. The Kier molecular flexibility index (Phi) is 11.0. The molecule has 0 aliphatic heterocycles. The number of carbonyl (C=O) groups excluding carboxylic acids is 2. The van der Waals surface area contributed by atoms with Crippen LogP contribution in [0.25, 0.3) is 0 Å². The number of halogens is 3. The van der Waals surface area contributed by atoms with Crippen molar-refractivity contribution >= 4 is 50.7 Å². The van der Waals surface area contributed by atoms with Gasteiger partial charge < -0.3 is 10.2 Å². The lowest BCUT2D eigenvalue weighted by Gasteiger charge is -2.33. The molecule has 0 heterocycles. The number of anilines is 1. The molecule has 3 aromatic rings. The van der Waals surface area contributed by atoms with Crippen molar-refractivity contribution in [2.75, 3.05) is 17.4 Å². The van der Waals surface area contributed by atoms with Crippen LogP contribution in [0.4, 0.5) is 10.1 Å². The maximum absolute atomic E-state index is 14.0. The Morgan fingerprint density at radius 1 is 0.950 bits per heavy atom. The maximum Gasteiger partial charge on any atom is 0.264 e. The van der Waals surface area contributed by atoms with Gasteiger partial charge in [0.2, 0.25) is 11.8 Å². The molecule has 0 saturated heterocycles. The van der Waals surface area contributed by atoms with Crippen LogP contribution < -0.4 is 9.62 Å². The van der Waals surface area contributed by atoms with E-state index in [1.54, 1.807) is 25.1 Å². The summed E-state index contributed by atoms with van der Waals surface area (Å²) in [6, 6.07) is 16.8. The minimum absolute atomic E-state index is 0.0189. The van der Waals surface area contributed by atoms with Gasteiger partial charge in [-0.1, -0.05) is 80.4 Å². The third-order valence-electron chi connectivity index (χ3n) is 6.15.